The van der Waals surface area contributed by atoms with Crippen molar-refractivity contribution >= 4 is 37.0 Å². The van der Waals surface area contributed by atoms with Crippen molar-refractivity contribution < 1.29 is 17.9 Å². The number of likely N-dealkylation sites (tertiary alicyclic amines) is 1. The van der Waals surface area contributed by atoms with Crippen molar-refractivity contribution in [3.05, 3.63) is 17.0 Å². The van der Waals surface area contributed by atoms with Crippen molar-refractivity contribution in [2.45, 2.75) is 30.1 Å². The van der Waals surface area contributed by atoms with Gasteiger partial charge in [-0.25, -0.2) is 8.42 Å². The van der Waals surface area contributed by atoms with Crippen molar-refractivity contribution in [3.8, 4) is 0 Å². The standard InChI is InChI=1S/C12H16ClNO4S2/c1-2-18-10-4-3-5-14(7-10)12(15)9-6-11(19-8-9)20(13,16)17/h6,8,10H,2-5,7H2,1H3. The fraction of sp³-hybridized carbons (Fsp3) is 0.583. The Bertz CT molecular complexity index is 582. The fourth-order valence-electron chi connectivity index (χ4n) is 2.23. The second-order valence-corrected chi connectivity index (χ2v) is 8.27. The average Bonchev–Trinajstić information content (AvgIpc) is 2.88. The van der Waals surface area contributed by atoms with Gasteiger partial charge in [0, 0.05) is 35.8 Å². The van der Waals surface area contributed by atoms with Crippen molar-refractivity contribution in [1.82, 2.24) is 4.90 Å². The van der Waals surface area contributed by atoms with Gasteiger partial charge >= 0.3 is 0 Å². The first-order chi connectivity index (χ1) is 9.41. The monoisotopic (exact) mass is 337 g/mol. The normalized spacial score (nSPS) is 20.1. The molecule has 2 rings (SSSR count). The highest BCUT2D eigenvalue weighted by atomic mass is 35.7. The number of halogens is 1. The van der Waals surface area contributed by atoms with Gasteiger partial charge in [0.1, 0.15) is 4.21 Å². The Morgan fingerprint density at radius 2 is 2.35 bits per heavy atom. The molecular formula is C12H16ClNO4S2. The first-order valence-electron chi connectivity index (χ1n) is 6.36. The van der Waals surface area contributed by atoms with Crippen LogP contribution in [-0.2, 0) is 13.8 Å². The number of ether oxygens (including phenoxy) is 1. The molecule has 0 bridgehead atoms. The number of carbonyl (C=O) groups excluding carboxylic acids is 1. The average molecular weight is 338 g/mol. The number of thiophene rings is 1. The van der Waals surface area contributed by atoms with E-state index in [9.17, 15) is 13.2 Å². The van der Waals surface area contributed by atoms with Gasteiger partial charge in [-0.3, -0.25) is 4.79 Å². The highest BCUT2D eigenvalue weighted by Crippen LogP contribution is 2.25. The van der Waals surface area contributed by atoms with Gasteiger partial charge in [-0.1, -0.05) is 0 Å². The van der Waals surface area contributed by atoms with Crippen LogP contribution in [-0.4, -0.2) is 45.0 Å². The van der Waals surface area contributed by atoms with Gasteiger partial charge in [-0.05, 0) is 25.8 Å². The van der Waals surface area contributed by atoms with E-state index in [1.165, 1.54) is 11.4 Å². The lowest BCUT2D eigenvalue weighted by Crippen LogP contribution is -2.43. The number of nitrogens with zero attached hydrogens (tertiary/aromatic N) is 1. The maximum atomic E-state index is 12.3. The number of amides is 1. The summed E-state index contributed by atoms with van der Waals surface area (Å²) in [6.07, 6.45) is 1.90. The summed E-state index contributed by atoms with van der Waals surface area (Å²) in [5.41, 5.74) is 0.367. The van der Waals surface area contributed by atoms with E-state index < -0.39 is 9.05 Å². The minimum absolute atomic E-state index is 0.000819. The van der Waals surface area contributed by atoms with Crippen LogP contribution in [0.1, 0.15) is 30.1 Å². The largest absolute Gasteiger partial charge is 0.377 e. The van der Waals surface area contributed by atoms with Crippen LogP contribution in [0.15, 0.2) is 15.7 Å². The van der Waals surface area contributed by atoms with Crippen LogP contribution in [0.3, 0.4) is 0 Å². The SMILES string of the molecule is CCOC1CCCN(C(=O)c2csc(S(=O)(=O)Cl)c2)C1. The zero-order valence-corrected chi connectivity index (χ0v) is 13.4. The molecule has 112 valence electrons. The minimum Gasteiger partial charge on any atom is -0.377 e. The molecule has 1 aliphatic rings. The zero-order valence-electron chi connectivity index (χ0n) is 11.0. The molecule has 20 heavy (non-hydrogen) atoms. The van der Waals surface area contributed by atoms with Crippen LogP contribution < -0.4 is 0 Å². The molecule has 0 N–H and O–H groups in total. The third-order valence-corrected chi connectivity index (χ3v) is 6.17. The molecule has 1 aromatic rings. The lowest BCUT2D eigenvalue weighted by Gasteiger charge is -2.32. The van der Waals surface area contributed by atoms with Crippen molar-refractivity contribution in [3.63, 3.8) is 0 Å². The summed E-state index contributed by atoms with van der Waals surface area (Å²) in [6.45, 7) is 3.77. The van der Waals surface area contributed by atoms with E-state index in [2.05, 4.69) is 0 Å². The van der Waals surface area contributed by atoms with Gasteiger partial charge in [0.05, 0.1) is 11.7 Å². The second kappa shape index (κ2) is 6.43. The minimum atomic E-state index is -3.77. The van der Waals surface area contributed by atoms with Gasteiger partial charge in [0.15, 0.2) is 0 Å². The molecule has 0 spiro atoms. The van der Waals surface area contributed by atoms with Crippen molar-refractivity contribution in [2.75, 3.05) is 19.7 Å². The van der Waals surface area contributed by atoms with Crippen LogP contribution in [0.25, 0.3) is 0 Å². The number of hydrogen-bond donors (Lipinski definition) is 0. The summed E-state index contributed by atoms with van der Waals surface area (Å²) in [5, 5.41) is 1.53. The predicted octanol–water partition coefficient (Wildman–Crippen LogP) is 2.32. The maximum Gasteiger partial charge on any atom is 0.270 e. The van der Waals surface area contributed by atoms with Crippen LogP contribution in [0.4, 0.5) is 0 Å². The lowest BCUT2D eigenvalue weighted by molar-refractivity contribution is 0.00726. The number of piperidine rings is 1. The van der Waals surface area contributed by atoms with E-state index in [0.29, 0.717) is 25.3 Å². The third-order valence-electron chi connectivity index (χ3n) is 3.13. The topological polar surface area (TPSA) is 63.7 Å². The van der Waals surface area contributed by atoms with E-state index in [1.54, 1.807) is 4.90 Å². The molecular weight excluding hydrogens is 322 g/mol. The van der Waals surface area contributed by atoms with E-state index in [-0.39, 0.29) is 16.2 Å². The molecule has 2 heterocycles. The molecule has 0 saturated carbocycles. The summed E-state index contributed by atoms with van der Waals surface area (Å²) in [5.74, 6) is -0.169. The first-order valence-corrected chi connectivity index (χ1v) is 9.54. The highest BCUT2D eigenvalue weighted by molar-refractivity contribution is 8.15. The van der Waals surface area contributed by atoms with Gasteiger partial charge in [0.2, 0.25) is 0 Å². The van der Waals surface area contributed by atoms with E-state index >= 15 is 0 Å². The summed E-state index contributed by atoms with van der Waals surface area (Å²) < 4.78 is 28.0. The third kappa shape index (κ3) is 3.72. The van der Waals surface area contributed by atoms with Crippen LogP contribution in [0, 0.1) is 0 Å². The molecule has 8 heteroatoms. The summed E-state index contributed by atoms with van der Waals surface area (Å²) in [7, 11) is 1.49. The first kappa shape index (κ1) is 15.8. The molecule has 1 fully saturated rings. The lowest BCUT2D eigenvalue weighted by atomic mass is 10.1. The molecule has 1 atom stereocenters. The molecule has 1 unspecified atom stereocenters. The summed E-state index contributed by atoms with van der Waals surface area (Å²) in [4.78, 5) is 14.0. The molecule has 5 nitrogen and oxygen atoms in total. The molecule has 1 saturated heterocycles. The Labute approximate surface area is 126 Å². The molecule has 0 radical (unpaired) electrons. The van der Waals surface area contributed by atoms with E-state index in [0.717, 1.165) is 24.2 Å². The smallest absolute Gasteiger partial charge is 0.270 e. The molecule has 0 aliphatic carbocycles. The number of hydrogen-bond acceptors (Lipinski definition) is 5. The van der Waals surface area contributed by atoms with Crippen LogP contribution in [0.2, 0.25) is 0 Å². The Kier molecular flexibility index (Phi) is 5.06. The molecule has 1 amide bonds. The highest BCUT2D eigenvalue weighted by Gasteiger charge is 2.26. The number of rotatable bonds is 4. The Balaban J connectivity index is 2.09. The van der Waals surface area contributed by atoms with Gasteiger partial charge in [-0.2, -0.15) is 0 Å². The molecule has 1 aromatic heterocycles. The van der Waals surface area contributed by atoms with Gasteiger partial charge in [0.25, 0.3) is 15.0 Å². The Morgan fingerprint density at radius 1 is 1.60 bits per heavy atom. The maximum absolute atomic E-state index is 12.3. The van der Waals surface area contributed by atoms with Gasteiger partial charge in [-0.15, -0.1) is 11.3 Å². The Morgan fingerprint density at radius 3 is 2.95 bits per heavy atom. The molecule has 0 aromatic carbocycles. The zero-order chi connectivity index (χ0) is 14.8. The van der Waals surface area contributed by atoms with Crippen molar-refractivity contribution in [2.24, 2.45) is 0 Å². The van der Waals surface area contributed by atoms with Crippen molar-refractivity contribution in [1.29, 1.82) is 0 Å². The van der Waals surface area contributed by atoms with E-state index in [4.69, 9.17) is 15.4 Å². The Hall–Kier alpha value is -0.630. The second-order valence-electron chi connectivity index (χ2n) is 4.56. The van der Waals surface area contributed by atoms with Gasteiger partial charge < -0.3 is 9.64 Å². The quantitative estimate of drug-likeness (QED) is 0.791. The summed E-state index contributed by atoms with van der Waals surface area (Å²) in [6, 6.07) is 1.33. The van der Waals surface area contributed by atoms with Crippen LogP contribution >= 0.6 is 22.0 Å². The van der Waals surface area contributed by atoms with Crippen LogP contribution in [0.5, 0.6) is 0 Å². The fourth-order valence-corrected chi connectivity index (χ4v) is 4.17. The molecule has 1 aliphatic heterocycles. The summed E-state index contributed by atoms with van der Waals surface area (Å²) >= 11 is 0.961. The predicted molar refractivity (Wildman–Crippen MR) is 77.9 cm³/mol. The van der Waals surface area contributed by atoms with E-state index in [1.807, 2.05) is 6.92 Å². The number of carbonyl (C=O) groups is 1.